The Hall–Kier alpha value is -0.980. The van der Waals surface area contributed by atoms with E-state index in [1.54, 1.807) is 19.3 Å². The summed E-state index contributed by atoms with van der Waals surface area (Å²) >= 11 is 4.80. The number of halogens is 1. The van der Waals surface area contributed by atoms with Crippen molar-refractivity contribution in [3.63, 3.8) is 0 Å². The Labute approximate surface area is 112 Å². The standard InChI is InChI=1S/C11H12BrN3OS/c1-11(16,9-3-2-4-17-9)7-15-10-13-5-8(12)6-14-10/h2-6,16H,7H2,1H3,(H,13,14,15). The first-order chi connectivity index (χ1) is 8.08. The molecule has 0 amide bonds. The van der Waals surface area contributed by atoms with Gasteiger partial charge in [-0.15, -0.1) is 11.3 Å². The number of nitrogens with one attached hydrogen (secondary N) is 1. The quantitative estimate of drug-likeness (QED) is 0.911. The second kappa shape index (κ2) is 5.12. The predicted octanol–water partition coefficient (Wildman–Crippen LogP) is 2.62. The summed E-state index contributed by atoms with van der Waals surface area (Å²) in [6, 6.07) is 3.83. The van der Waals surface area contributed by atoms with E-state index in [9.17, 15) is 5.11 Å². The molecule has 2 aromatic rings. The van der Waals surface area contributed by atoms with Crippen LogP contribution < -0.4 is 5.32 Å². The van der Waals surface area contributed by atoms with Crippen molar-refractivity contribution >= 4 is 33.2 Å². The Morgan fingerprint density at radius 3 is 2.76 bits per heavy atom. The van der Waals surface area contributed by atoms with Crippen LogP contribution in [0.3, 0.4) is 0 Å². The summed E-state index contributed by atoms with van der Waals surface area (Å²) in [6.45, 7) is 2.14. The highest BCUT2D eigenvalue weighted by Crippen LogP contribution is 2.25. The zero-order chi connectivity index (χ0) is 12.3. The van der Waals surface area contributed by atoms with E-state index in [1.165, 1.54) is 11.3 Å². The van der Waals surface area contributed by atoms with Crippen molar-refractivity contribution in [2.75, 3.05) is 11.9 Å². The summed E-state index contributed by atoms with van der Waals surface area (Å²) < 4.78 is 0.827. The van der Waals surface area contributed by atoms with Crippen molar-refractivity contribution in [1.29, 1.82) is 0 Å². The van der Waals surface area contributed by atoms with E-state index >= 15 is 0 Å². The molecular weight excluding hydrogens is 302 g/mol. The Balaban J connectivity index is 2.00. The average Bonchev–Trinajstić information content (AvgIpc) is 2.82. The van der Waals surface area contributed by atoms with Gasteiger partial charge in [0.05, 0.1) is 11.0 Å². The molecule has 0 bridgehead atoms. The summed E-state index contributed by atoms with van der Waals surface area (Å²) in [5.41, 5.74) is -0.912. The van der Waals surface area contributed by atoms with Gasteiger partial charge in [0.25, 0.3) is 0 Å². The predicted molar refractivity (Wildman–Crippen MR) is 72.1 cm³/mol. The highest BCUT2D eigenvalue weighted by molar-refractivity contribution is 9.10. The van der Waals surface area contributed by atoms with E-state index in [2.05, 4.69) is 31.2 Å². The summed E-state index contributed by atoms with van der Waals surface area (Å²) in [5, 5.41) is 15.2. The third-order valence-corrected chi connectivity index (χ3v) is 3.80. The van der Waals surface area contributed by atoms with Crippen LogP contribution in [-0.2, 0) is 5.60 Å². The molecule has 0 radical (unpaired) electrons. The summed E-state index contributed by atoms with van der Waals surface area (Å²) in [6.07, 6.45) is 3.32. The van der Waals surface area contributed by atoms with Gasteiger partial charge in [-0.3, -0.25) is 0 Å². The Morgan fingerprint density at radius 1 is 1.47 bits per heavy atom. The molecule has 0 aliphatic carbocycles. The van der Waals surface area contributed by atoms with Crippen LogP contribution in [0.5, 0.6) is 0 Å². The van der Waals surface area contributed by atoms with E-state index in [1.807, 2.05) is 17.5 Å². The number of nitrogens with zero attached hydrogens (tertiary/aromatic N) is 2. The molecule has 1 atom stereocenters. The normalized spacial score (nSPS) is 14.3. The molecular formula is C11H12BrN3OS. The van der Waals surface area contributed by atoms with E-state index < -0.39 is 5.60 Å². The summed E-state index contributed by atoms with van der Waals surface area (Å²) in [5.74, 6) is 0.505. The minimum atomic E-state index is -0.912. The first-order valence-electron chi connectivity index (χ1n) is 5.06. The Morgan fingerprint density at radius 2 is 2.18 bits per heavy atom. The molecule has 17 heavy (non-hydrogen) atoms. The second-order valence-electron chi connectivity index (χ2n) is 3.83. The lowest BCUT2D eigenvalue weighted by atomic mass is 10.1. The second-order valence-corrected chi connectivity index (χ2v) is 5.69. The maximum atomic E-state index is 10.3. The maximum Gasteiger partial charge on any atom is 0.222 e. The fraction of sp³-hybridized carbons (Fsp3) is 0.273. The first-order valence-corrected chi connectivity index (χ1v) is 6.73. The van der Waals surface area contributed by atoms with Crippen molar-refractivity contribution in [2.45, 2.75) is 12.5 Å². The molecule has 1 unspecified atom stereocenters. The van der Waals surface area contributed by atoms with Gasteiger partial charge in [-0.2, -0.15) is 0 Å². The SMILES string of the molecule is CC(O)(CNc1ncc(Br)cn1)c1cccs1. The van der Waals surface area contributed by atoms with Crippen LogP contribution in [0.15, 0.2) is 34.4 Å². The molecule has 6 heteroatoms. The number of aliphatic hydroxyl groups is 1. The van der Waals surface area contributed by atoms with Crippen LogP contribution in [0.25, 0.3) is 0 Å². The largest absolute Gasteiger partial charge is 0.383 e. The lowest BCUT2D eigenvalue weighted by Gasteiger charge is -2.22. The van der Waals surface area contributed by atoms with Crippen LogP contribution in [-0.4, -0.2) is 21.6 Å². The van der Waals surface area contributed by atoms with Crippen molar-refractivity contribution in [1.82, 2.24) is 9.97 Å². The van der Waals surface area contributed by atoms with Gasteiger partial charge in [0.2, 0.25) is 5.95 Å². The molecule has 0 aliphatic heterocycles. The third-order valence-electron chi connectivity index (χ3n) is 2.26. The highest BCUT2D eigenvalue weighted by Gasteiger charge is 2.24. The van der Waals surface area contributed by atoms with Crippen molar-refractivity contribution in [2.24, 2.45) is 0 Å². The topological polar surface area (TPSA) is 58.0 Å². The van der Waals surface area contributed by atoms with Gasteiger partial charge in [-0.25, -0.2) is 9.97 Å². The maximum absolute atomic E-state index is 10.3. The van der Waals surface area contributed by atoms with E-state index in [-0.39, 0.29) is 0 Å². The summed E-state index contributed by atoms with van der Waals surface area (Å²) in [7, 11) is 0. The zero-order valence-electron chi connectivity index (χ0n) is 9.22. The molecule has 0 saturated carbocycles. The van der Waals surface area contributed by atoms with E-state index in [4.69, 9.17) is 0 Å². The molecule has 2 rings (SSSR count). The van der Waals surface area contributed by atoms with E-state index in [0.29, 0.717) is 12.5 Å². The Bertz CT molecular complexity index is 470. The average molecular weight is 314 g/mol. The molecule has 2 aromatic heterocycles. The third kappa shape index (κ3) is 3.24. The highest BCUT2D eigenvalue weighted by atomic mass is 79.9. The van der Waals surface area contributed by atoms with Gasteiger partial charge >= 0.3 is 0 Å². The zero-order valence-corrected chi connectivity index (χ0v) is 11.6. The first kappa shape index (κ1) is 12.5. The monoisotopic (exact) mass is 313 g/mol. The molecule has 0 aliphatic rings. The Kier molecular flexibility index (Phi) is 3.76. The number of rotatable bonds is 4. The van der Waals surface area contributed by atoms with Gasteiger partial charge in [0, 0.05) is 17.3 Å². The van der Waals surface area contributed by atoms with Gasteiger partial charge in [0.1, 0.15) is 5.60 Å². The number of aromatic nitrogens is 2. The van der Waals surface area contributed by atoms with Crippen LogP contribution in [0.2, 0.25) is 0 Å². The van der Waals surface area contributed by atoms with Gasteiger partial charge in [-0.05, 0) is 34.3 Å². The molecule has 0 saturated heterocycles. The fourth-order valence-corrected chi connectivity index (χ4v) is 2.32. The number of hydrogen-bond acceptors (Lipinski definition) is 5. The van der Waals surface area contributed by atoms with Crippen LogP contribution >= 0.6 is 27.3 Å². The molecule has 0 fully saturated rings. The summed E-state index contributed by atoms with van der Waals surface area (Å²) in [4.78, 5) is 9.09. The number of thiophene rings is 1. The van der Waals surface area contributed by atoms with Gasteiger partial charge in [0.15, 0.2) is 0 Å². The minimum absolute atomic E-state index is 0.370. The molecule has 2 N–H and O–H groups in total. The van der Waals surface area contributed by atoms with Crippen molar-refractivity contribution in [3.05, 3.63) is 39.3 Å². The lowest BCUT2D eigenvalue weighted by molar-refractivity contribution is 0.0752. The van der Waals surface area contributed by atoms with E-state index in [0.717, 1.165) is 9.35 Å². The minimum Gasteiger partial charge on any atom is -0.383 e. The van der Waals surface area contributed by atoms with Crippen molar-refractivity contribution < 1.29 is 5.11 Å². The smallest absolute Gasteiger partial charge is 0.222 e. The fourth-order valence-electron chi connectivity index (χ4n) is 1.33. The van der Waals surface area contributed by atoms with Gasteiger partial charge < -0.3 is 10.4 Å². The molecule has 2 heterocycles. The molecule has 90 valence electrons. The molecule has 4 nitrogen and oxygen atoms in total. The van der Waals surface area contributed by atoms with Crippen molar-refractivity contribution in [3.8, 4) is 0 Å². The van der Waals surface area contributed by atoms with Gasteiger partial charge in [-0.1, -0.05) is 6.07 Å². The van der Waals surface area contributed by atoms with Crippen LogP contribution in [0.4, 0.5) is 5.95 Å². The van der Waals surface area contributed by atoms with Crippen LogP contribution in [0, 0.1) is 0 Å². The van der Waals surface area contributed by atoms with Crippen LogP contribution in [0.1, 0.15) is 11.8 Å². The number of hydrogen-bond donors (Lipinski definition) is 2. The molecule has 0 spiro atoms. The number of anilines is 1. The molecule has 0 aromatic carbocycles. The lowest BCUT2D eigenvalue weighted by Crippen LogP contribution is -2.30.